The third-order valence-corrected chi connectivity index (χ3v) is 3.12. The number of carbonyl (C=O) groups excluding carboxylic acids is 1. The van der Waals surface area contributed by atoms with E-state index in [9.17, 15) is 4.79 Å². The van der Waals surface area contributed by atoms with Gasteiger partial charge < -0.3 is 10.4 Å². The van der Waals surface area contributed by atoms with Crippen LogP contribution in [0.3, 0.4) is 0 Å². The van der Waals surface area contributed by atoms with Gasteiger partial charge >= 0.3 is 0 Å². The zero-order valence-corrected chi connectivity index (χ0v) is 11.0. The molecule has 2 rings (SSSR count). The van der Waals surface area contributed by atoms with Gasteiger partial charge in [0.15, 0.2) is 0 Å². The summed E-state index contributed by atoms with van der Waals surface area (Å²) in [5, 5.41) is 12.3. The molecule has 0 radical (unpaired) electrons. The number of nitrogens with one attached hydrogen (secondary N) is 1. The standard InChI is InChI=1S/C14H15ClN2O2/c15-13-8-10(5-6-16-13)2-4-14(19)17-12-3-1-11(7-12)9-18/h1-6,8,11-12,18H,7,9H2,(H,17,19)/b4-2+/t11-,12+/m0/s1. The Bertz CT molecular complexity index is 514. The van der Waals surface area contributed by atoms with Gasteiger partial charge in [0, 0.05) is 30.8 Å². The molecule has 1 heterocycles. The Morgan fingerprint density at radius 3 is 3.11 bits per heavy atom. The highest BCUT2D eigenvalue weighted by molar-refractivity contribution is 6.29. The normalized spacial score (nSPS) is 22.0. The van der Waals surface area contributed by atoms with Gasteiger partial charge in [-0.2, -0.15) is 0 Å². The Hall–Kier alpha value is -1.65. The maximum absolute atomic E-state index is 11.7. The van der Waals surface area contributed by atoms with Gasteiger partial charge in [-0.3, -0.25) is 4.79 Å². The largest absolute Gasteiger partial charge is 0.396 e. The molecule has 100 valence electrons. The quantitative estimate of drug-likeness (QED) is 0.502. The molecule has 0 saturated carbocycles. The summed E-state index contributed by atoms with van der Waals surface area (Å²) in [7, 11) is 0. The third kappa shape index (κ3) is 4.19. The number of hydrogen-bond donors (Lipinski definition) is 2. The molecule has 1 aliphatic carbocycles. The Morgan fingerprint density at radius 2 is 2.42 bits per heavy atom. The van der Waals surface area contributed by atoms with Gasteiger partial charge in [-0.25, -0.2) is 4.98 Å². The lowest BCUT2D eigenvalue weighted by Crippen LogP contribution is -2.31. The van der Waals surface area contributed by atoms with Crippen molar-refractivity contribution in [3.8, 4) is 0 Å². The molecule has 2 N–H and O–H groups in total. The summed E-state index contributed by atoms with van der Waals surface area (Å²) in [6.07, 6.45) is 9.33. The molecule has 1 aromatic rings. The summed E-state index contributed by atoms with van der Waals surface area (Å²) in [4.78, 5) is 15.6. The van der Waals surface area contributed by atoms with Crippen LogP contribution in [-0.4, -0.2) is 28.6 Å². The van der Waals surface area contributed by atoms with Crippen molar-refractivity contribution >= 4 is 23.6 Å². The number of aliphatic hydroxyl groups excluding tert-OH is 1. The fourth-order valence-electron chi connectivity index (χ4n) is 1.94. The van der Waals surface area contributed by atoms with Gasteiger partial charge in [0.05, 0.1) is 0 Å². The van der Waals surface area contributed by atoms with E-state index in [1.165, 1.54) is 6.08 Å². The van der Waals surface area contributed by atoms with Crippen LogP contribution in [0.2, 0.25) is 5.15 Å². The molecular formula is C14H15ClN2O2. The second-order valence-electron chi connectivity index (χ2n) is 4.42. The predicted molar refractivity (Wildman–Crippen MR) is 74.5 cm³/mol. The lowest BCUT2D eigenvalue weighted by Gasteiger charge is -2.10. The summed E-state index contributed by atoms with van der Waals surface area (Å²) in [5.41, 5.74) is 0.824. The summed E-state index contributed by atoms with van der Waals surface area (Å²) in [6.45, 7) is 0.119. The second-order valence-corrected chi connectivity index (χ2v) is 4.81. The van der Waals surface area contributed by atoms with Gasteiger partial charge in [0.1, 0.15) is 5.15 Å². The molecule has 2 atom stereocenters. The van der Waals surface area contributed by atoms with Crippen LogP contribution >= 0.6 is 11.6 Å². The van der Waals surface area contributed by atoms with Crippen molar-refractivity contribution in [1.82, 2.24) is 10.3 Å². The highest BCUT2D eigenvalue weighted by Crippen LogP contribution is 2.16. The summed E-state index contributed by atoms with van der Waals surface area (Å²) in [6, 6.07) is 3.45. The van der Waals surface area contributed by atoms with E-state index >= 15 is 0 Å². The van der Waals surface area contributed by atoms with Gasteiger partial charge in [0.25, 0.3) is 0 Å². The first-order chi connectivity index (χ1) is 9.17. The fraction of sp³-hybridized carbons (Fsp3) is 0.286. The first-order valence-corrected chi connectivity index (χ1v) is 6.44. The molecule has 0 saturated heterocycles. The molecule has 4 nitrogen and oxygen atoms in total. The van der Waals surface area contributed by atoms with Crippen LogP contribution in [-0.2, 0) is 4.79 Å². The van der Waals surface area contributed by atoms with Crippen LogP contribution in [0.5, 0.6) is 0 Å². The monoisotopic (exact) mass is 278 g/mol. The number of halogens is 1. The molecule has 5 heteroatoms. The number of hydrogen-bond acceptors (Lipinski definition) is 3. The van der Waals surface area contributed by atoms with E-state index < -0.39 is 0 Å². The number of amides is 1. The zero-order valence-electron chi connectivity index (χ0n) is 10.3. The van der Waals surface area contributed by atoms with Gasteiger partial charge in [-0.05, 0) is 30.2 Å². The van der Waals surface area contributed by atoms with Crippen molar-refractivity contribution in [3.63, 3.8) is 0 Å². The summed E-state index contributed by atoms with van der Waals surface area (Å²) < 4.78 is 0. The van der Waals surface area contributed by atoms with Crippen LogP contribution in [0.25, 0.3) is 6.08 Å². The molecule has 0 fully saturated rings. The van der Waals surface area contributed by atoms with Crippen molar-refractivity contribution in [2.75, 3.05) is 6.61 Å². The number of nitrogens with zero attached hydrogens (tertiary/aromatic N) is 1. The molecule has 0 spiro atoms. The van der Waals surface area contributed by atoms with Gasteiger partial charge in [-0.15, -0.1) is 0 Å². The van der Waals surface area contributed by atoms with Crippen molar-refractivity contribution in [1.29, 1.82) is 0 Å². The molecular weight excluding hydrogens is 264 g/mol. The molecule has 0 aliphatic heterocycles. The second kappa shape index (κ2) is 6.50. The van der Waals surface area contributed by atoms with Gasteiger partial charge in [-0.1, -0.05) is 23.8 Å². The van der Waals surface area contributed by atoms with E-state index in [0.717, 1.165) is 12.0 Å². The highest BCUT2D eigenvalue weighted by atomic mass is 35.5. The maximum Gasteiger partial charge on any atom is 0.244 e. The maximum atomic E-state index is 11.7. The number of rotatable bonds is 4. The van der Waals surface area contributed by atoms with Crippen LogP contribution in [0.4, 0.5) is 0 Å². The van der Waals surface area contributed by atoms with Crippen molar-refractivity contribution in [3.05, 3.63) is 47.3 Å². The Kier molecular flexibility index (Phi) is 4.71. The van der Waals surface area contributed by atoms with E-state index in [-0.39, 0.29) is 24.5 Å². The minimum absolute atomic E-state index is 0.00433. The smallest absolute Gasteiger partial charge is 0.244 e. The number of aromatic nitrogens is 1. The number of carbonyl (C=O) groups is 1. The van der Waals surface area contributed by atoms with Crippen LogP contribution in [0.1, 0.15) is 12.0 Å². The van der Waals surface area contributed by atoms with Crippen LogP contribution in [0, 0.1) is 5.92 Å². The molecule has 19 heavy (non-hydrogen) atoms. The highest BCUT2D eigenvalue weighted by Gasteiger charge is 2.18. The summed E-state index contributed by atoms with van der Waals surface area (Å²) in [5.74, 6) is -0.0190. The lowest BCUT2D eigenvalue weighted by atomic mass is 10.1. The topological polar surface area (TPSA) is 62.2 Å². The SMILES string of the molecule is O=C(/C=C/c1ccnc(Cl)c1)N[C@@H]1C=C[C@H](CO)C1. The first kappa shape index (κ1) is 13.8. The van der Waals surface area contributed by atoms with E-state index in [4.69, 9.17) is 16.7 Å². The third-order valence-electron chi connectivity index (χ3n) is 2.91. The van der Waals surface area contributed by atoms with Crippen molar-refractivity contribution in [2.45, 2.75) is 12.5 Å². The zero-order chi connectivity index (χ0) is 13.7. The van der Waals surface area contributed by atoms with Crippen LogP contribution < -0.4 is 5.32 Å². The number of aliphatic hydroxyl groups is 1. The van der Waals surface area contributed by atoms with E-state index in [1.54, 1.807) is 24.4 Å². The molecule has 0 unspecified atom stereocenters. The summed E-state index contributed by atoms with van der Waals surface area (Å²) >= 11 is 5.75. The average Bonchev–Trinajstić information content (AvgIpc) is 2.84. The van der Waals surface area contributed by atoms with E-state index in [2.05, 4.69) is 10.3 Å². The van der Waals surface area contributed by atoms with Crippen LogP contribution in [0.15, 0.2) is 36.6 Å². The molecule has 1 amide bonds. The molecule has 0 aromatic carbocycles. The molecule has 1 aromatic heterocycles. The average molecular weight is 279 g/mol. The Morgan fingerprint density at radius 1 is 1.58 bits per heavy atom. The van der Waals surface area contributed by atoms with Crippen molar-refractivity contribution in [2.24, 2.45) is 5.92 Å². The van der Waals surface area contributed by atoms with E-state index in [1.807, 2.05) is 12.2 Å². The molecule has 1 aliphatic rings. The number of pyridine rings is 1. The Labute approximate surface area is 116 Å². The fourth-order valence-corrected chi connectivity index (χ4v) is 2.12. The molecule has 0 bridgehead atoms. The Balaban J connectivity index is 1.86. The first-order valence-electron chi connectivity index (χ1n) is 6.06. The minimum Gasteiger partial charge on any atom is -0.396 e. The predicted octanol–water partition coefficient (Wildman–Crippen LogP) is 1.80. The van der Waals surface area contributed by atoms with Gasteiger partial charge in [0.2, 0.25) is 5.91 Å². The van der Waals surface area contributed by atoms with E-state index in [0.29, 0.717) is 5.15 Å². The lowest BCUT2D eigenvalue weighted by molar-refractivity contribution is -0.116. The minimum atomic E-state index is -0.166. The van der Waals surface area contributed by atoms with Crippen molar-refractivity contribution < 1.29 is 9.90 Å².